The zero-order chi connectivity index (χ0) is 23.1. The van der Waals surface area contributed by atoms with Crippen LogP contribution in [0.25, 0.3) is 0 Å². The lowest BCUT2D eigenvalue weighted by molar-refractivity contribution is -0.140. The van der Waals surface area contributed by atoms with E-state index in [1.165, 1.54) is 0 Å². The van der Waals surface area contributed by atoms with E-state index in [1.807, 2.05) is 0 Å². The smallest absolute Gasteiger partial charge is 0.408 e. The lowest BCUT2D eigenvalue weighted by Crippen LogP contribution is -2.37. The fraction of sp³-hybridized carbons (Fsp3) is 0.304. The van der Waals surface area contributed by atoms with Crippen LogP contribution < -0.4 is 10.6 Å². The topological polar surface area (TPSA) is 102 Å². The predicted octanol–water partition coefficient (Wildman–Crippen LogP) is 2.99. The van der Waals surface area contributed by atoms with E-state index in [0.717, 1.165) is 12.1 Å². The Bertz CT molecular complexity index is 992. The molecule has 1 heterocycles. The van der Waals surface area contributed by atoms with Gasteiger partial charge in [-0.25, -0.2) is 13.6 Å². The molecule has 2 unspecified atom stereocenters. The monoisotopic (exact) mass is 444 g/mol. The number of carbonyl (C=O) groups is 4. The number of carbonyl (C=O) groups excluding carboxylic acids is 4. The van der Waals surface area contributed by atoms with Gasteiger partial charge in [-0.15, -0.1) is 0 Å². The number of hydrogen-bond acceptors (Lipinski definition) is 5. The first kappa shape index (κ1) is 23.1. The molecule has 0 aliphatic carbocycles. The molecular formula is C23H22F2N2O5. The number of hydrogen-bond donors (Lipinski definition) is 2. The normalized spacial score (nSPS) is 17.1. The van der Waals surface area contributed by atoms with Crippen molar-refractivity contribution in [3.8, 4) is 0 Å². The molecule has 2 atom stereocenters. The van der Waals surface area contributed by atoms with Crippen molar-refractivity contribution in [1.29, 1.82) is 0 Å². The Hall–Kier alpha value is -3.62. The fourth-order valence-corrected chi connectivity index (χ4v) is 3.48. The molecule has 1 aliphatic rings. The van der Waals surface area contributed by atoms with Gasteiger partial charge in [-0.05, 0) is 36.1 Å². The average Bonchev–Trinajstić information content (AvgIpc) is 2.91. The number of Topliss-reactive ketones (excluding diaryl/α,β-unsaturated/α-hetero) is 2. The number of benzene rings is 2. The molecule has 1 saturated heterocycles. The van der Waals surface area contributed by atoms with Crippen molar-refractivity contribution in [2.45, 2.75) is 31.9 Å². The Morgan fingerprint density at radius 3 is 2.47 bits per heavy atom. The van der Waals surface area contributed by atoms with Gasteiger partial charge in [0.15, 0.2) is 5.78 Å². The van der Waals surface area contributed by atoms with Crippen LogP contribution in [-0.4, -0.2) is 30.1 Å². The predicted molar refractivity (Wildman–Crippen MR) is 109 cm³/mol. The summed E-state index contributed by atoms with van der Waals surface area (Å²) < 4.78 is 32.7. The van der Waals surface area contributed by atoms with Crippen molar-refractivity contribution < 1.29 is 32.7 Å². The Balaban J connectivity index is 1.76. The highest BCUT2D eigenvalue weighted by molar-refractivity contribution is 6.37. The minimum atomic E-state index is -1.46. The van der Waals surface area contributed by atoms with Crippen molar-refractivity contribution in [3.63, 3.8) is 0 Å². The Morgan fingerprint density at radius 1 is 1.09 bits per heavy atom. The summed E-state index contributed by atoms with van der Waals surface area (Å²) in [6, 6.07) is 9.82. The summed E-state index contributed by atoms with van der Waals surface area (Å²) in [5.74, 6) is -4.91. The molecule has 0 spiro atoms. The maximum Gasteiger partial charge on any atom is 0.408 e. The molecule has 0 radical (unpaired) electrons. The van der Waals surface area contributed by atoms with Gasteiger partial charge in [0.2, 0.25) is 5.78 Å². The van der Waals surface area contributed by atoms with Gasteiger partial charge in [0.25, 0.3) is 5.91 Å². The first-order valence-corrected chi connectivity index (χ1v) is 10.1. The molecule has 3 rings (SSSR count). The van der Waals surface area contributed by atoms with Gasteiger partial charge in [-0.3, -0.25) is 14.4 Å². The number of amides is 2. The summed E-state index contributed by atoms with van der Waals surface area (Å²) >= 11 is 0. The van der Waals surface area contributed by atoms with E-state index in [1.54, 1.807) is 30.3 Å². The summed E-state index contributed by atoms with van der Waals surface area (Å²) in [6.07, 6.45) is -0.539. The molecule has 2 amide bonds. The molecule has 0 saturated carbocycles. The SMILES string of the molecule is O=C(NC(C(=O)CC1CCCNC(=O)C1=O)c1cc(F)cc(F)c1)OCc1ccccc1. The van der Waals surface area contributed by atoms with Crippen LogP contribution in [0.2, 0.25) is 0 Å². The van der Waals surface area contributed by atoms with Crippen LogP contribution in [0.1, 0.15) is 36.4 Å². The van der Waals surface area contributed by atoms with Crippen molar-refractivity contribution >= 4 is 23.6 Å². The summed E-state index contributed by atoms with van der Waals surface area (Å²) in [7, 11) is 0. The van der Waals surface area contributed by atoms with Gasteiger partial charge < -0.3 is 15.4 Å². The molecule has 1 fully saturated rings. The van der Waals surface area contributed by atoms with Gasteiger partial charge >= 0.3 is 6.09 Å². The maximum atomic E-state index is 13.8. The molecule has 0 bridgehead atoms. The number of halogens is 2. The zero-order valence-corrected chi connectivity index (χ0v) is 17.1. The van der Waals surface area contributed by atoms with Crippen molar-refractivity contribution in [2.24, 2.45) is 5.92 Å². The number of nitrogens with one attached hydrogen (secondary N) is 2. The van der Waals surface area contributed by atoms with Gasteiger partial charge in [-0.1, -0.05) is 30.3 Å². The van der Waals surface area contributed by atoms with Gasteiger partial charge in [-0.2, -0.15) is 0 Å². The third kappa shape index (κ3) is 6.19. The molecule has 0 aromatic heterocycles. The molecule has 2 aromatic carbocycles. The van der Waals surface area contributed by atoms with Gasteiger partial charge in [0.05, 0.1) is 0 Å². The van der Waals surface area contributed by atoms with Crippen LogP contribution >= 0.6 is 0 Å². The van der Waals surface area contributed by atoms with Crippen LogP contribution in [0, 0.1) is 17.6 Å². The lowest BCUT2D eigenvalue weighted by Gasteiger charge is -2.20. The number of alkyl carbamates (subject to hydrolysis) is 1. The summed E-state index contributed by atoms with van der Waals surface area (Å²) in [4.78, 5) is 49.3. The van der Waals surface area contributed by atoms with E-state index in [0.29, 0.717) is 31.0 Å². The molecule has 9 heteroatoms. The molecule has 32 heavy (non-hydrogen) atoms. The van der Waals surface area contributed by atoms with Crippen LogP contribution in [0.15, 0.2) is 48.5 Å². The van der Waals surface area contributed by atoms with E-state index in [9.17, 15) is 28.0 Å². The molecular weight excluding hydrogens is 422 g/mol. The second kappa shape index (κ2) is 10.6. The van der Waals surface area contributed by atoms with E-state index in [4.69, 9.17) is 4.74 Å². The highest BCUT2D eigenvalue weighted by Gasteiger charge is 2.33. The summed E-state index contributed by atoms with van der Waals surface area (Å²) in [5.41, 5.74) is 0.576. The van der Waals surface area contributed by atoms with Crippen LogP contribution in [0.5, 0.6) is 0 Å². The molecule has 1 aliphatic heterocycles. The number of rotatable bonds is 7. The number of ketones is 2. The minimum Gasteiger partial charge on any atom is -0.445 e. The quantitative estimate of drug-likeness (QED) is 0.640. The Morgan fingerprint density at radius 2 is 1.78 bits per heavy atom. The van der Waals surface area contributed by atoms with Crippen molar-refractivity contribution in [1.82, 2.24) is 10.6 Å². The van der Waals surface area contributed by atoms with Crippen LogP contribution in [0.3, 0.4) is 0 Å². The Kier molecular flexibility index (Phi) is 7.64. The van der Waals surface area contributed by atoms with Crippen molar-refractivity contribution in [2.75, 3.05) is 6.54 Å². The largest absolute Gasteiger partial charge is 0.445 e. The van der Waals surface area contributed by atoms with Crippen LogP contribution in [0.4, 0.5) is 13.6 Å². The minimum absolute atomic E-state index is 0.0770. The van der Waals surface area contributed by atoms with Gasteiger partial charge in [0, 0.05) is 24.9 Å². The highest BCUT2D eigenvalue weighted by Crippen LogP contribution is 2.24. The molecule has 2 aromatic rings. The third-order valence-electron chi connectivity index (χ3n) is 5.07. The average molecular weight is 444 g/mol. The second-order valence-electron chi connectivity index (χ2n) is 7.47. The van der Waals surface area contributed by atoms with Crippen molar-refractivity contribution in [3.05, 3.63) is 71.3 Å². The molecule has 2 N–H and O–H groups in total. The third-order valence-corrected chi connectivity index (χ3v) is 5.07. The maximum absolute atomic E-state index is 13.8. The summed E-state index contributed by atoms with van der Waals surface area (Å²) in [6.45, 7) is 0.240. The lowest BCUT2D eigenvalue weighted by atomic mass is 9.89. The van der Waals surface area contributed by atoms with E-state index in [2.05, 4.69) is 10.6 Å². The van der Waals surface area contributed by atoms with E-state index in [-0.39, 0.29) is 18.6 Å². The molecule has 7 nitrogen and oxygen atoms in total. The zero-order valence-electron chi connectivity index (χ0n) is 17.1. The van der Waals surface area contributed by atoms with E-state index >= 15 is 0 Å². The first-order valence-electron chi connectivity index (χ1n) is 10.1. The van der Waals surface area contributed by atoms with Gasteiger partial charge in [0.1, 0.15) is 24.3 Å². The fourth-order valence-electron chi connectivity index (χ4n) is 3.48. The first-order chi connectivity index (χ1) is 15.3. The summed E-state index contributed by atoms with van der Waals surface area (Å²) in [5, 5.41) is 4.78. The standard InChI is InChI=1S/C23H22F2N2O5/c24-17-9-16(10-18(25)12-17)20(27-23(31)32-13-14-5-2-1-3-6-14)19(28)11-15-7-4-8-26-22(30)21(15)29/h1-3,5-6,9-10,12,15,20H,4,7-8,11,13H2,(H,26,30)(H,27,31). The number of ether oxygens (including phenoxy) is 1. The second-order valence-corrected chi connectivity index (χ2v) is 7.47. The van der Waals surface area contributed by atoms with E-state index < -0.39 is 47.2 Å². The molecule has 168 valence electrons. The Labute approximate surface area is 183 Å². The van der Waals surface area contributed by atoms with Crippen LogP contribution in [-0.2, 0) is 25.7 Å². The highest BCUT2D eigenvalue weighted by atomic mass is 19.1.